The van der Waals surface area contributed by atoms with Crippen molar-refractivity contribution in [2.24, 2.45) is 7.05 Å². The summed E-state index contributed by atoms with van der Waals surface area (Å²) >= 11 is 0. The van der Waals surface area contributed by atoms with Gasteiger partial charge in [-0.25, -0.2) is 18.7 Å². The minimum Gasteiger partial charge on any atom is -0.370 e. The second kappa shape index (κ2) is 8.75. The molecule has 1 unspecified atom stereocenters. The number of aromatic nitrogens is 5. The van der Waals surface area contributed by atoms with Crippen LogP contribution >= 0.6 is 0 Å². The van der Waals surface area contributed by atoms with Gasteiger partial charge in [-0.05, 0) is 25.1 Å². The lowest BCUT2D eigenvalue weighted by Crippen LogP contribution is -2.39. The molecule has 186 valence electrons. The lowest BCUT2D eigenvalue weighted by Gasteiger charge is -2.34. The maximum atomic E-state index is 15.0. The van der Waals surface area contributed by atoms with Gasteiger partial charge >= 0.3 is 0 Å². The molecule has 0 aliphatic carbocycles. The van der Waals surface area contributed by atoms with E-state index in [2.05, 4.69) is 5.10 Å². The zero-order valence-electron chi connectivity index (χ0n) is 19.8. The number of anilines is 1. The highest BCUT2D eigenvalue weighted by Crippen LogP contribution is 2.33. The van der Waals surface area contributed by atoms with Crippen molar-refractivity contribution in [3.63, 3.8) is 0 Å². The zero-order chi connectivity index (χ0) is 25.0. The third-order valence-electron chi connectivity index (χ3n) is 6.68. The number of ether oxygens (including phenoxy) is 2. The Balaban J connectivity index is 1.53. The Labute approximate surface area is 204 Å². The normalized spacial score (nSPS) is 20.1. The van der Waals surface area contributed by atoms with E-state index in [0.717, 1.165) is 11.6 Å². The molecule has 0 amide bonds. The van der Waals surface area contributed by atoms with Crippen molar-refractivity contribution in [1.29, 1.82) is 0 Å². The standard InChI is InChI=1S/C25H24F2N6O3/c1-14-24-30-23-18(25(34)33(24)6-8-35-14)10-21(29-22(23)17-4-3-16(26)9-19(17)27)32-5-7-36-20(13-32)15-11-28-31(2)12-15/h3-4,9-12,14,20H,5-8,13H2,1-2H3/t14?,20-/m1/s1. The van der Waals surface area contributed by atoms with Crippen LogP contribution in [0.1, 0.15) is 30.5 Å². The molecule has 6 rings (SSSR count). The van der Waals surface area contributed by atoms with Gasteiger partial charge < -0.3 is 14.4 Å². The highest BCUT2D eigenvalue weighted by atomic mass is 19.1. The van der Waals surface area contributed by atoms with Crippen molar-refractivity contribution in [2.45, 2.75) is 25.7 Å². The van der Waals surface area contributed by atoms with Gasteiger partial charge in [0, 0.05) is 43.5 Å². The molecule has 0 spiro atoms. The van der Waals surface area contributed by atoms with Gasteiger partial charge in [-0.2, -0.15) is 5.10 Å². The molecule has 36 heavy (non-hydrogen) atoms. The van der Waals surface area contributed by atoms with Crippen LogP contribution in [-0.2, 0) is 23.1 Å². The SMILES string of the molecule is CC1OCCn2c1nc1c(-c3ccc(F)cc3F)nc(N3CCO[C@@H](c4cnn(C)c4)C3)cc1c2=O. The fourth-order valence-corrected chi connectivity index (χ4v) is 4.84. The second-order valence-corrected chi connectivity index (χ2v) is 9.04. The zero-order valence-corrected chi connectivity index (χ0v) is 19.8. The summed E-state index contributed by atoms with van der Waals surface area (Å²) in [5, 5.41) is 4.55. The molecule has 0 radical (unpaired) electrons. The lowest BCUT2D eigenvalue weighted by atomic mass is 10.1. The molecular formula is C25H24F2N6O3. The molecule has 2 aliphatic rings. The first-order valence-electron chi connectivity index (χ1n) is 11.8. The Hall–Kier alpha value is -3.70. The number of hydrogen-bond acceptors (Lipinski definition) is 7. The predicted molar refractivity (Wildman–Crippen MR) is 128 cm³/mol. The third-order valence-corrected chi connectivity index (χ3v) is 6.68. The molecular weight excluding hydrogens is 470 g/mol. The van der Waals surface area contributed by atoms with Gasteiger partial charge in [0.2, 0.25) is 0 Å². The maximum absolute atomic E-state index is 15.0. The summed E-state index contributed by atoms with van der Waals surface area (Å²) in [6.07, 6.45) is 3.01. The van der Waals surface area contributed by atoms with Crippen LogP contribution < -0.4 is 10.5 Å². The average Bonchev–Trinajstić information content (AvgIpc) is 3.31. The molecule has 0 N–H and O–H groups in total. The summed E-state index contributed by atoms with van der Waals surface area (Å²) < 4.78 is 43.6. The van der Waals surface area contributed by atoms with Gasteiger partial charge in [0.25, 0.3) is 5.56 Å². The summed E-state index contributed by atoms with van der Waals surface area (Å²) in [7, 11) is 1.84. The topological polar surface area (TPSA) is 87.3 Å². The number of fused-ring (bicyclic) bond motifs is 2. The van der Waals surface area contributed by atoms with Gasteiger partial charge in [0.15, 0.2) is 0 Å². The lowest BCUT2D eigenvalue weighted by molar-refractivity contribution is 0.0269. The van der Waals surface area contributed by atoms with Crippen LogP contribution in [0.3, 0.4) is 0 Å². The summed E-state index contributed by atoms with van der Waals surface area (Å²) in [6.45, 7) is 4.03. The van der Waals surface area contributed by atoms with Crippen LogP contribution in [0.25, 0.3) is 22.2 Å². The second-order valence-electron chi connectivity index (χ2n) is 9.04. The minimum absolute atomic E-state index is 0.0709. The van der Waals surface area contributed by atoms with Crippen molar-refractivity contribution < 1.29 is 18.3 Å². The molecule has 1 aromatic carbocycles. The van der Waals surface area contributed by atoms with E-state index in [-0.39, 0.29) is 28.4 Å². The molecule has 3 aromatic heterocycles. The van der Waals surface area contributed by atoms with Crippen LogP contribution in [-0.4, -0.2) is 50.6 Å². The number of pyridine rings is 1. The average molecular weight is 495 g/mol. The summed E-state index contributed by atoms with van der Waals surface area (Å²) in [6, 6.07) is 5.00. The number of hydrogen-bond donors (Lipinski definition) is 0. The first-order valence-corrected chi connectivity index (χ1v) is 11.8. The van der Waals surface area contributed by atoms with E-state index < -0.39 is 17.7 Å². The van der Waals surface area contributed by atoms with Crippen LogP contribution in [0.15, 0.2) is 41.5 Å². The molecule has 5 heterocycles. The third kappa shape index (κ3) is 3.84. The number of rotatable bonds is 3. The van der Waals surface area contributed by atoms with Gasteiger partial charge in [0.05, 0.1) is 31.3 Å². The van der Waals surface area contributed by atoms with Gasteiger partial charge in [-0.3, -0.25) is 14.0 Å². The van der Waals surface area contributed by atoms with Gasteiger partial charge in [-0.15, -0.1) is 0 Å². The highest BCUT2D eigenvalue weighted by Gasteiger charge is 2.28. The highest BCUT2D eigenvalue weighted by molar-refractivity contribution is 5.93. The summed E-state index contributed by atoms with van der Waals surface area (Å²) in [5.74, 6) is -0.519. The Morgan fingerprint density at radius 1 is 1.08 bits per heavy atom. The Morgan fingerprint density at radius 2 is 1.92 bits per heavy atom. The quantitative estimate of drug-likeness (QED) is 0.433. The van der Waals surface area contributed by atoms with E-state index in [1.54, 1.807) is 21.5 Å². The molecule has 0 saturated carbocycles. The number of nitrogens with zero attached hydrogens (tertiary/aromatic N) is 6. The van der Waals surface area contributed by atoms with Crippen molar-refractivity contribution in [2.75, 3.05) is 31.2 Å². The van der Waals surface area contributed by atoms with Crippen molar-refractivity contribution in [1.82, 2.24) is 24.3 Å². The molecule has 9 nitrogen and oxygen atoms in total. The van der Waals surface area contributed by atoms with Gasteiger partial charge in [0.1, 0.15) is 46.7 Å². The number of benzene rings is 1. The molecule has 2 atom stereocenters. The van der Waals surface area contributed by atoms with E-state index in [4.69, 9.17) is 19.4 Å². The fraction of sp³-hybridized carbons (Fsp3) is 0.360. The van der Waals surface area contributed by atoms with Crippen LogP contribution in [0, 0.1) is 11.6 Å². The van der Waals surface area contributed by atoms with E-state index >= 15 is 0 Å². The molecule has 4 aromatic rings. The van der Waals surface area contributed by atoms with Crippen LogP contribution in [0.5, 0.6) is 0 Å². The van der Waals surface area contributed by atoms with Crippen LogP contribution in [0.2, 0.25) is 0 Å². The van der Waals surface area contributed by atoms with Crippen LogP contribution in [0.4, 0.5) is 14.6 Å². The van der Waals surface area contributed by atoms with Crippen molar-refractivity contribution in [3.05, 3.63) is 70.0 Å². The smallest absolute Gasteiger partial charge is 0.261 e. The van der Waals surface area contributed by atoms with E-state index in [0.29, 0.717) is 49.9 Å². The van der Waals surface area contributed by atoms with Crippen molar-refractivity contribution >= 4 is 16.7 Å². The largest absolute Gasteiger partial charge is 0.370 e. The van der Waals surface area contributed by atoms with E-state index in [1.165, 1.54) is 12.1 Å². The first kappa shape index (κ1) is 22.7. The summed E-state index contributed by atoms with van der Waals surface area (Å²) in [5.41, 5.74) is 1.20. The van der Waals surface area contributed by atoms with E-state index in [1.807, 2.05) is 25.1 Å². The first-order chi connectivity index (χ1) is 17.4. The van der Waals surface area contributed by atoms with E-state index in [9.17, 15) is 13.6 Å². The molecule has 1 fully saturated rings. The number of aryl methyl sites for hydroxylation is 1. The fourth-order valence-electron chi connectivity index (χ4n) is 4.84. The number of morpholine rings is 1. The molecule has 11 heteroatoms. The molecule has 1 saturated heterocycles. The molecule has 0 bridgehead atoms. The Kier molecular flexibility index (Phi) is 5.53. The van der Waals surface area contributed by atoms with Gasteiger partial charge in [-0.1, -0.05) is 0 Å². The predicted octanol–water partition coefficient (Wildman–Crippen LogP) is 3.14. The monoisotopic (exact) mass is 494 g/mol. The number of halogens is 2. The Bertz CT molecular complexity index is 1530. The summed E-state index contributed by atoms with van der Waals surface area (Å²) in [4.78, 5) is 25.1. The minimum atomic E-state index is -0.778. The van der Waals surface area contributed by atoms with Crippen molar-refractivity contribution in [3.8, 4) is 11.3 Å². The maximum Gasteiger partial charge on any atom is 0.261 e. The Morgan fingerprint density at radius 3 is 2.69 bits per heavy atom. The molecule has 2 aliphatic heterocycles.